The quantitative estimate of drug-likeness (QED) is 0.242. The van der Waals surface area contributed by atoms with Gasteiger partial charge < -0.3 is 27.2 Å². The van der Waals surface area contributed by atoms with Gasteiger partial charge in [0.25, 0.3) is 5.91 Å². The Hall–Kier alpha value is -3.10. The Morgan fingerprint density at radius 3 is 2.57 bits per heavy atom. The molecule has 9 nitrogen and oxygen atoms in total. The van der Waals surface area contributed by atoms with E-state index < -0.39 is 17.8 Å². The molecule has 0 aliphatic rings. The summed E-state index contributed by atoms with van der Waals surface area (Å²) in [6.45, 7) is 0.0272. The molecule has 0 saturated carbocycles. The minimum atomic E-state index is -0.923. The fraction of sp³-hybridized carbons (Fsp3) is 0.286. The third kappa shape index (κ3) is 7.46. The van der Waals surface area contributed by atoms with Gasteiger partial charge in [0.05, 0.1) is 12.2 Å². The minimum Gasteiger partial charge on any atom is -0.481 e. The van der Waals surface area contributed by atoms with Gasteiger partial charge >= 0.3 is 5.97 Å². The molecule has 0 spiro atoms. The number of carbonyl (C=O) groups excluding carboxylic acids is 2. The lowest BCUT2D eigenvalue weighted by Gasteiger charge is -2.07. The van der Waals surface area contributed by atoms with E-state index in [1.54, 1.807) is 18.2 Å². The highest BCUT2D eigenvalue weighted by atomic mass is 16.4. The van der Waals surface area contributed by atoms with Gasteiger partial charge in [-0.05, 0) is 24.6 Å². The number of carboxylic acid groups (broad SMARTS) is 1. The number of carbonyl (C=O) groups is 3. The van der Waals surface area contributed by atoms with E-state index in [0.29, 0.717) is 17.7 Å². The van der Waals surface area contributed by atoms with E-state index in [9.17, 15) is 14.4 Å². The smallest absolute Gasteiger partial charge is 0.303 e. The Kier molecular flexibility index (Phi) is 7.05. The van der Waals surface area contributed by atoms with E-state index in [4.69, 9.17) is 16.6 Å². The minimum absolute atomic E-state index is 0.0236. The van der Waals surface area contributed by atoms with Crippen LogP contribution in [0, 0.1) is 0 Å². The molecule has 7 N–H and O–H groups in total. The van der Waals surface area contributed by atoms with Crippen LogP contribution in [-0.2, 0) is 9.59 Å². The zero-order chi connectivity index (χ0) is 17.2. The monoisotopic (exact) mass is 321 g/mol. The molecule has 0 bridgehead atoms. The first-order valence-corrected chi connectivity index (χ1v) is 6.85. The summed E-state index contributed by atoms with van der Waals surface area (Å²) >= 11 is 0. The molecular formula is C14H19N5O4. The molecule has 0 heterocycles. The molecule has 0 radical (unpaired) electrons. The fourth-order valence-corrected chi connectivity index (χ4v) is 1.66. The Morgan fingerprint density at radius 1 is 1.17 bits per heavy atom. The Morgan fingerprint density at radius 2 is 1.91 bits per heavy atom. The number of carboxylic acids is 1. The maximum absolute atomic E-state index is 11.9. The Bertz CT molecular complexity index is 611. The molecule has 0 fully saturated rings. The molecule has 0 aromatic heterocycles. The number of hydrogen-bond acceptors (Lipinski definition) is 4. The zero-order valence-corrected chi connectivity index (χ0v) is 12.4. The molecular weight excluding hydrogens is 302 g/mol. The first-order chi connectivity index (χ1) is 10.9. The average molecular weight is 321 g/mol. The SMILES string of the molecule is NC(N)=Nc1cccc(C(=O)NCC(=O)NCCCC(=O)O)c1. The summed E-state index contributed by atoms with van der Waals surface area (Å²) in [4.78, 5) is 37.6. The van der Waals surface area contributed by atoms with Crippen molar-refractivity contribution in [2.45, 2.75) is 12.8 Å². The lowest BCUT2D eigenvalue weighted by atomic mass is 10.2. The van der Waals surface area contributed by atoms with Crippen molar-refractivity contribution in [3.8, 4) is 0 Å². The number of nitrogens with one attached hydrogen (secondary N) is 2. The van der Waals surface area contributed by atoms with E-state index in [2.05, 4.69) is 15.6 Å². The summed E-state index contributed by atoms with van der Waals surface area (Å²) in [6.07, 6.45) is 0.305. The van der Waals surface area contributed by atoms with Crippen LogP contribution in [0.5, 0.6) is 0 Å². The lowest BCUT2D eigenvalue weighted by molar-refractivity contribution is -0.137. The molecule has 124 valence electrons. The molecule has 0 aliphatic heterocycles. The van der Waals surface area contributed by atoms with Gasteiger partial charge in [-0.15, -0.1) is 0 Å². The first kappa shape index (κ1) is 18.0. The summed E-state index contributed by atoms with van der Waals surface area (Å²) < 4.78 is 0. The molecule has 0 aliphatic carbocycles. The van der Waals surface area contributed by atoms with E-state index in [-0.39, 0.29) is 25.5 Å². The van der Waals surface area contributed by atoms with Crippen LogP contribution < -0.4 is 22.1 Å². The van der Waals surface area contributed by atoms with Crippen LogP contribution in [0.3, 0.4) is 0 Å². The number of amides is 2. The van der Waals surface area contributed by atoms with Crippen molar-refractivity contribution in [1.82, 2.24) is 10.6 Å². The second-order valence-electron chi connectivity index (χ2n) is 4.62. The van der Waals surface area contributed by atoms with Gasteiger partial charge in [-0.2, -0.15) is 0 Å². The van der Waals surface area contributed by atoms with E-state index in [1.807, 2.05) is 0 Å². The van der Waals surface area contributed by atoms with Crippen LogP contribution in [0.15, 0.2) is 29.3 Å². The number of nitrogens with zero attached hydrogens (tertiary/aromatic N) is 1. The summed E-state index contributed by atoms with van der Waals surface area (Å²) in [5.41, 5.74) is 11.3. The van der Waals surface area contributed by atoms with Crippen LogP contribution >= 0.6 is 0 Å². The molecule has 0 unspecified atom stereocenters. The van der Waals surface area contributed by atoms with E-state index in [0.717, 1.165) is 0 Å². The molecule has 9 heteroatoms. The predicted octanol–water partition coefficient (Wildman–Crippen LogP) is -0.698. The van der Waals surface area contributed by atoms with Gasteiger partial charge in [-0.25, -0.2) is 4.99 Å². The highest BCUT2D eigenvalue weighted by Crippen LogP contribution is 2.13. The van der Waals surface area contributed by atoms with Crippen LogP contribution in [0.2, 0.25) is 0 Å². The van der Waals surface area contributed by atoms with Crippen molar-refractivity contribution < 1.29 is 19.5 Å². The molecule has 23 heavy (non-hydrogen) atoms. The van der Waals surface area contributed by atoms with Crippen molar-refractivity contribution in [3.63, 3.8) is 0 Å². The van der Waals surface area contributed by atoms with E-state index >= 15 is 0 Å². The zero-order valence-electron chi connectivity index (χ0n) is 12.4. The third-order valence-corrected chi connectivity index (χ3v) is 2.67. The number of rotatable bonds is 8. The number of hydrogen-bond donors (Lipinski definition) is 5. The summed E-state index contributed by atoms with van der Waals surface area (Å²) in [6, 6.07) is 6.29. The lowest BCUT2D eigenvalue weighted by Crippen LogP contribution is -2.37. The summed E-state index contributed by atoms with van der Waals surface area (Å²) in [7, 11) is 0. The van der Waals surface area contributed by atoms with Crippen molar-refractivity contribution in [2.24, 2.45) is 16.5 Å². The maximum atomic E-state index is 11.9. The standard InChI is InChI=1S/C14H19N5O4/c15-14(16)19-10-4-1-3-9(7-10)13(23)18-8-11(20)17-6-2-5-12(21)22/h1,3-4,7H,2,5-6,8H2,(H,17,20)(H,18,23)(H,21,22)(H4,15,16,19). The van der Waals surface area contributed by atoms with Crippen molar-refractivity contribution in [3.05, 3.63) is 29.8 Å². The molecule has 1 rings (SSSR count). The van der Waals surface area contributed by atoms with E-state index in [1.165, 1.54) is 6.07 Å². The van der Waals surface area contributed by atoms with Crippen LogP contribution in [0.1, 0.15) is 23.2 Å². The number of benzene rings is 1. The van der Waals surface area contributed by atoms with Gasteiger partial charge in [-0.1, -0.05) is 6.07 Å². The topological polar surface area (TPSA) is 160 Å². The molecule has 1 aromatic rings. The normalized spacial score (nSPS) is 9.74. The molecule has 0 saturated heterocycles. The highest BCUT2D eigenvalue weighted by Gasteiger charge is 2.08. The van der Waals surface area contributed by atoms with Gasteiger partial charge in [0, 0.05) is 18.5 Å². The van der Waals surface area contributed by atoms with Crippen molar-refractivity contribution in [1.29, 1.82) is 0 Å². The first-order valence-electron chi connectivity index (χ1n) is 6.85. The number of aliphatic carboxylic acids is 1. The second-order valence-corrected chi connectivity index (χ2v) is 4.62. The van der Waals surface area contributed by atoms with Crippen LogP contribution in [-0.4, -0.2) is 41.9 Å². The number of nitrogens with two attached hydrogens (primary N) is 2. The van der Waals surface area contributed by atoms with Gasteiger partial charge in [-0.3, -0.25) is 14.4 Å². The largest absolute Gasteiger partial charge is 0.481 e. The van der Waals surface area contributed by atoms with Crippen molar-refractivity contribution in [2.75, 3.05) is 13.1 Å². The Balaban J connectivity index is 2.43. The summed E-state index contributed by atoms with van der Waals surface area (Å²) in [5.74, 6) is -1.89. The Labute approximate surface area is 132 Å². The molecule has 0 atom stereocenters. The van der Waals surface area contributed by atoms with Gasteiger partial charge in [0.1, 0.15) is 0 Å². The summed E-state index contributed by atoms with van der Waals surface area (Å²) in [5, 5.41) is 13.4. The van der Waals surface area contributed by atoms with Gasteiger partial charge in [0.15, 0.2) is 5.96 Å². The second kappa shape index (κ2) is 9.03. The predicted molar refractivity (Wildman–Crippen MR) is 84.1 cm³/mol. The maximum Gasteiger partial charge on any atom is 0.303 e. The van der Waals surface area contributed by atoms with Crippen LogP contribution in [0.4, 0.5) is 5.69 Å². The van der Waals surface area contributed by atoms with Crippen molar-refractivity contribution >= 4 is 29.4 Å². The number of aliphatic imine (C=N–C) groups is 1. The number of guanidine groups is 1. The molecule has 1 aromatic carbocycles. The molecule has 2 amide bonds. The van der Waals surface area contributed by atoms with Gasteiger partial charge in [0.2, 0.25) is 5.91 Å². The fourth-order valence-electron chi connectivity index (χ4n) is 1.66. The highest BCUT2D eigenvalue weighted by molar-refractivity contribution is 5.97. The third-order valence-electron chi connectivity index (χ3n) is 2.67. The average Bonchev–Trinajstić information content (AvgIpc) is 2.48. The van der Waals surface area contributed by atoms with Crippen LogP contribution in [0.25, 0.3) is 0 Å².